The van der Waals surface area contributed by atoms with E-state index in [2.05, 4.69) is 18.7 Å². The molecule has 2 amide bonds. The molecule has 1 aromatic rings. The molecular weight excluding hydrogens is 545 g/mol. The SMILES string of the molecule is CO[C@@H]1CN(C(=O)c2ccccc2F)C[C@@H](CC(C)C)N(C(=O)CN(C)C2CCOCC2)CCCCOC[C@@H](O)[C@H]1O. The maximum atomic E-state index is 14.8. The molecule has 4 atom stereocenters. The highest BCUT2D eigenvalue weighted by atomic mass is 19.1. The lowest BCUT2D eigenvalue weighted by molar-refractivity contribution is -0.137. The molecule has 3 rings (SSSR count). The van der Waals surface area contributed by atoms with Gasteiger partial charge in [0.2, 0.25) is 5.91 Å². The Morgan fingerprint density at radius 1 is 1.10 bits per heavy atom. The van der Waals surface area contributed by atoms with E-state index in [1.807, 2.05) is 11.9 Å². The summed E-state index contributed by atoms with van der Waals surface area (Å²) in [7, 11) is 3.36. The summed E-state index contributed by atoms with van der Waals surface area (Å²) < 4.78 is 31.5. The van der Waals surface area contributed by atoms with Crippen LogP contribution in [0.2, 0.25) is 0 Å². The van der Waals surface area contributed by atoms with Gasteiger partial charge < -0.3 is 34.2 Å². The maximum absolute atomic E-state index is 14.8. The molecule has 0 spiro atoms. The van der Waals surface area contributed by atoms with Gasteiger partial charge in [0, 0.05) is 58.6 Å². The molecule has 0 aliphatic carbocycles. The molecule has 2 heterocycles. The third-order valence-corrected chi connectivity index (χ3v) is 8.23. The van der Waals surface area contributed by atoms with Crippen LogP contribution >= 0.6 is 0 Å². The van der Waals surface area contributed by atoms with Crippen molar-refractivity contribution < 1.29 is 38.4 Å². The highest BCUT2D eigenvalue weighted by Gasteiger charge is 2.35. The molecule has 11 heteroatoms. The van der Waals surface area contributed by atoms with Gasteiger partial charge in [-0.1, -0.05) is 26.0 Å². The summed E-state index contributed by atoms with van der Waals surface area (Å²) in [6.07, 6.45) is 0.141. The molecule has 2 N–H and O–H groups in total. The number of halogens is 1. The highest BCUT2D eigenvalue weighted by Crippen LogP contribution is 2.21. The number of aliphatic hydroxyl groups is 2. The van der Waals surface area contributed by atoms with Gasteiger partial charge in [-0.3, -0.25) is 14.5 Å². The van der Waals surface area contributed by atoms with Gasteiger partial charge in [0.1, 0.15) is 24.1 Å². The number of likely N-dealkylation sites (N-methyl/N-ethyl adjacent to an activating group) is 1. The summed E-state index contributed by atoms with van der Waals surface area (Å²) in [4.78, 5) is 33.2. The van der Waals surface area contributed by atoms with Crippen molar-refractivity contribution in [1.82, 2.24) is 14.7 Å². The summed E-state index contributed by atoms with van der Waals surface area (Å²) in [5.74, 6) is -1.05. The minimum absolute atomic E-state index is 0.0281. The van der Waals surface area contributed by atoms with Gasteiger partial charge in [0.15, 0.2) is 0 Å². The first-order chi connectivity index (χ1) is 20.1. The molecule has 238 valence electrons. The Labute approximate surface area is 249 Å². The molecule has 0 aromatic heterocycles. The van der Waals surface area contributed by atoms with E-state index in [0.29, 0.717) is 45.6 Å². The second-order valence-corrected chi connectivity index (χ2v) is 11.9. The number of hydrogen-bond donors (Lipinski definition) is 2. The number of ether oxygens (including phenoxy) is 3. The van der Waals surface area contributed by atoms with E-state index in [1.165, 1.54) is 30.2 Å². The zero-order chi connectivity index (χ0) is 30.6. The molecular formula is C31H50FN3O7. The van der Waals surface area contributed by atoms with Crippen LogP contribution in [0, 0.1) is 11.7 Å². The van der Waals surface area contributed by atoms with Crippen molar-refractivity contribution >= 4 is 11.8 Å². The molecule has 10 nitrogen and oxygen atoms in total. The van der Waals surface area contributed by atoms with Crippen LogP contribution in [0.3, 0.4) is 0 Å². The Morgan fingerprint density at radius 3 is 2.48 bits per heavy atom. The average molecular weight is 596 g/mol. The zero-order valence-electron chi connectivity index (χ0n) is 25.6. The first kappa shape index (κ1) is 34.3. The number of carbonyl (C=O) groups is 2. The summed E-state index contributed by atoms with van der Waals surface area (Å²) in [5.41, 5.74) is -0.104. The van der Waals surface area contributed by atoms with Crippen LogP contribution in [0.25, 0.3) is 0 Å². The maximum Gasteiger partial charge on any atom is 0.256 e. The van der Waals surface area contributed by atoms with Gasteiger partial charge in [-0.05, 0) is 57.2 Å². The predicted octanol–water partition coefficient (Wildman–Crippen LogP) is 2.17. The van der Waals surface area contributed by atoms with E-state index in [4.69, 9.17) is 14.2 Å². The molecule has 2 fully saturated rings. The summed E-state index contributed by atoms with van der Waals surface area (Å²) in [6, 6.07) is 5.66. The van der Waals surface area contributed by atoms with E-state index in [1.54, 1.807) is 6.07 Å². The molecule has 0 bridgehead atoms. The van der Waals surface area contributed by atoms with Crippen LogP contribution in [-0.4, -0.2) is 134 Å². The highest BCUT2D eigenvalue weighted by molar-refractivity contribution is 5.94. The van der Waals surface area contributed by atoms with Crippen molar-refractivity contribution in [2.24, 2.45) is 5.92 Å². The fourth-order valence-corrected chi connectivity index (χ4v) is 5.79. The summed E-state index contributed by atoms with van der Waals surface area (Å²) in [5, 5.41) is 21.5. The lowest BCUT2D eigenvalue weighted by Gasteiger charge is -2.40. The number of benzene rings is 1. The van der Waals surface area contributed by atoms with E-state index in [0.717, 1.165) is 12.8 Å². The number of aliphatic hydroxyl groups excluding tert-OH is 2. The standard InChI is InChI=1S/C31H50FN3O7/c1-22(2)17-24-18-34(31(39)25-9-5-6-10-26(25)32)19-28(40-4)30(38)27(36)21-42-14-8-7-13-35(24)29(37)20-33(3)23-11-15-41-16-12-23/h5-6,9-10,22-24,27-28,30,36,38H,7-8,11-21H2,1-4H3/t24-,27-,28-,30-/m1/s1. The van der Waals surface area contributed by atoms with Crippen molar-refractivity contribution in [3.8, 4) is 0 Å². The van der Waals surface area contributed by atoms with E-state index >= 15 is 0 Å². The average Bonchev–Trinajstić information content (AvgIpc) is 2.97. The first-order valence-electron chi connectivity index (χ1n) is 15.2. The lowest BCUT2D eigenvalue weighted by Crippen LogP contribution is -2.55. The van der Waals surface area contributed by atoms with Crippen molar-refractivity contribution in [3.63, 3.8) is 0 Å². The minimum atomic E-state index is -1.34. The fourth-order valence-electron chi connectivity index (χ4n) is 5.79. The van der Waals surface area contributed by atoms with Crippen molar-refractivity contribution in [1.29, 1.82) is 0 Å². The fraction of sp³-hybridized carbons (Fsp3) is 0.742. The van der Waals surface area contributed by atoms with Crippen LogP contribution in [0.5, 0.6) is 0 Å². The van der Waals surface area contributed by atoms with E-state index < -0.39 is 30.0 Å². The van der Waals surface area contributed by atoms with Crippen molar-refractivity contribution in [3.05, 3.63) is 35.6 Å². The Balaban J connectivity index is 1.96. The van der Waals surface area contributed by atoms with Crippen LogP contribution in [0.15, 0.2) is 24.3 Å². The largest absolute Gasteiger partial charge is 0.388 e. The quantitative estimate of drug-likeness (QED) is 0.494. The van der Waals surface area contributed by atoms with Crippen molar-refractivity contribution in [2.75, 3.05) is 66.8 Å². The molecule has 1 aromatic carbocycles. The second kappa shape index (κ2) is 17.2. The Bertz CT molecular complexity index is 978. The molecule has 42 heavy (non-hydrogen) atoms. The van der Waals surface area contributed by atoms with Gasteiger partial charge in [-0.2, -0.15) is 0 Å². The Kier molecular flexibility index (Phi) is 14.1. The second-order valence-electron chi connectivity index (χ2n) is 11.9. The number of methoxy groups -OCH3 is 1. The van der Waals surface area contributed by atoms with Crippen LogP contribution in [-0.2, 0) is 19.0 Å². The predicted molar refractivity (Wildman–Crippen MR) is 157 cm³/mol. The number of amides is 2. The number of hydrogen-bond acceptors (Lipinski definition) is 8. The van der Waals surface area contributed by atoms with Gasteiger partial charge in [0.05, 0.1) is 18.7 Å². The van der Waals surface area contributed by atoms with Crippen LogP contribution in [0.1, 0.15) is 56.3 Å². The minimum Gasteiger partial charge on any atom is -0.388 e. The van der Waals surface area contributed by atoms with Gasteiger partial charge in [-0.15, -0.1) is 0 Å². The van der Waals surface area contributed by atoms with Gasteiger partial charge in [0.25, 0.3) is 5.91 Å². The van der Waals surface area contributed by atoms with Crippen LogP contribution < -0.4 is 0 Å². The first-order valence-corrected chi connectivity index (χ1v) is 15.2. The molecule has 2 aliphatic rings. The van der Waals surface area contributed by atoms with Crippen LogP contribution in [0.4, 0.5) is 4.39 Å². The normalized spacial score (nSPS) is 25.9. The summed E-state index contributed by atoms with van der Waals surface area (Å²) in [6.45, 7) is 6.49. The molecule has 0 saturated carbocycles. The van der Waals surface area contributed by atoms with Gasteiger partial charge in [-0.25, -0.2) is 4.39 Å². The molecule has 0 unspecified atom stereocenters. The zero-order valence-corrected chi connectivity index (χ0v) is 25.6. The Morgan fingerprint density at radius 2 is 1.81 bits per heavy atom. The topological polar surface area (TPSA) is 112 Å². The third kappa shape index (κ3) is 9.96. The number of rotatable bonds is 7. The summed E-state index contributed by atoms with van der Waals surface area (Å²) >= 11 is 0. The molecule has 2 aliphatic heterocycles. The molecule has 0 radical (unpaired) electrons. The van der Waals surface area contributed by atoms with Gasteiger partial charge >= 0.3 is 0 Å². The molecule has 2 saturated heterocycles. The van der Waals surface area contributed by atoms with Crippen molar-refractivity contribution in [2.45, 2.75) is 76.3 Å². The van der Waals surface area contributed by atoms with E-state index in [-0.39, 0.29) is 55.7 Å². The lowest BCUT2D eigenvalue weighted by atomic mass is 9.99. The monoisotopic (exact) mass is 595 g/mol. The Hall–Kier alpha value is -2.15. The number of nitrogens with zero attached hydrogens (tertiary/aromatic N) is 3. The van der Waals surface area contributed by atoms with E-state index in [9.17, 15) is 24.2 Å². The smallest absolute Gasteiger partial charge is 0.256 e. The third-order valence-electron chi connectivity index (χ3n) is 8.23. The number of carbonyl (C=O) groups excluding carboxylic acids is 2.